The molecule has 0 unspecified atom stereocenters. The van der Waals surface area contributed by atoms with Crippen LogP contribution in [0.2, 0.25) is 0 Å². The first kappa shape index (κ1) is 9.16. The zero-order valence-corrected chi connectivity index (χ0v) is 8.88. The van der Waals surface area contributed by atoms with Gasteiger partial charge in [0.2, 0.25) is 0 Å². The van der Waals surface area contributed by atoms with E-state index in [0.29, 0.717) is 0 Å². The van der Waals surface area contributed by atoms with E-state index in [1.165, 1.54) is 5.57 Å². The van der Waals surface area contributed by atoms with Crippen molar-refractivity contribution in [1.82, 2.24) is 9.55 Å². The minimum absolute atomic E-state index is 0.992. The van der Waals surface area contributed by atoms with Crippen molar-refractivity contribution >= 4 is 5.57 Å². The Hall–Kier alpha value is -2.09. The van der Waals surface area contributed by atoms with Crippen molar-refractivity contribution in [3.05, 3.63) is 66.8 Å². The summed E-state index contributed by atoms with van der Waals surface area (Å²) in [6.07, 6.45) is 11.3. The Balaban J connectivity index is 1.94. The van der Waals surface area contributed by atoms with E-state index in [1.807, 2.05) is 24.5 Å². The van der Waals surface area contributed by atoms with E-state index in [-0.39, 0.29) is 0 Å². The summed E-state index contributed by atoms with van der Waals surface area (Å²) < 4.78 is 2.05. The smallest absolute Gasteiger partial charge is 0.0999 e. The molecule has 1 heterocycles. The summed E-state index contributed by atoms with van der Waals surface area (Å²) in [5.74, 6) is 0. The molecule has 1 aromatic carbocycles. The molecule has 0 bridgehead atoms. The van der Waals surface area contributed by atoms with Gasteiger partial charge >= 0.3 is 0 Å². The third kappa shape index (κ3) is 1.58. The van der Waals surface area contributed by atoms with Crippen LogP contribution in [0.25, 0.3) is 11.3 Å². The van der Waals surface area contributed by atoms with Crippen LogP contribution in [0.5, 0.6) is 0 Å². The van der Waals surface area contributed by atoms with Gasteiger partial charge < -0.3 is 4.57 Å². The number of aromatic nitrogens is 2. The van der Waals surface area contributed by atoms with Crippen molar-refractivity contribution in [1.29, 1.82) is 0 Å². The molecular weight excluding hydrogens is 196 g/mol. The maximum Gasteiger partial charge on any atom is 0.0999 e. The lowest BCUT2D eigenvalue weighted by Crippen LogP contribution is -1.88. The number of allylic oxidation sites excluding steroid dienone is 4. The van der Waals surface area contributed by atoms with E-state index in [2.05, 4.69) is 46.1 Å². The molecule has 0 aliphatic heterocycles. The standard InChI is InChI=1S/C14H12N2/c1-2-8-13(9-3-1)16-10-14(15-11-16)12-6-4-5-7-12/h1-6,8-11H,7H2. The summed E-state index contributed by atoms with van der Waals surface area (Å²) in [4.78, 5) is 4.43. The van der Waals surface area contributed by atoms with E-state index in [1.54, 1.807) is 0 Å². The second-order valence-electron chi connectivity index (χ2n) is 3.83. The van der Waals surface area contributed by atoms with Gasteiger partial charge in [-0.1, -0.05) is 36.4 Å². The van der Waals surface area contributed by atoms with Gasteiger partial charge in [-0.2, -0.15) is 0 Å². The highest BCUT2D eigenvalue weighted by Gasteiger charge is 2.06. The Morgan fingerprint density at radius 3 is 2.75 bits per heavy atom. The summed E-state index contributed by atoms with van der Waals surface area (Å²) in [6.45, 7) is 0. The van der Waals surface area contributed by atoms with Crippen LogP contribution in [0.15, 0.2) is 61.1 Å². The Bertz CT molecular complexity index is 547. The fourth-order valence-electron chi connectivity index (χ4n) is 1.87. The summed E-state index contributed by atoms with van der Waals surface area (Å²) in [5.41, 5.74) is 3.50. The molecule has 16 heavy (non-hydrogen) atoms. The minimum atomic E-state index is 0.992. The number of imidazole rings is 1. The molecule has 0 atom stereocenters. The normalized spacial score (nSPS) is 14.1. The lowest BCUT2D eigenvalue weighted by molar-refractivity contribution is 1.06. The molecular formula is C14H12N2. The second-order valence-corrected chi connectivity index (χ2v) is 3.83. The van der Waals surface area contributed by atoms with Crippen LogP contribution >= 0.6 is 0 Å². The van der Waals surface area contributed by atoms with Gasteiger partial charge in [0.15, 0.2) is 0 Å². The predicted octanol–water partition coefficient (Wildman–Crippen LogP) is 3.22. The highest BCUT2D eigenvalue weighted by Crippen LogP contribution is 2.22. The van der Waals surface area contributed by atoms with Gasteiger partial charge in [-0.15, -0.1) is 0 Å². The summed E-state index contributed by atoms with van der Waals surface area (Å²) >= 11 is 0. The van der Waals surface area contributed by atoms with Gasteiger partial charge in [-0.3, -0.25) is 0 Å². The molecule has 1 aliphatic rings. The molecule has 3 rings (SSSR count). The molecule has 1 aromatic heterocycles. The molecule has 2 aromatic rings. The first-order valence-electron chi connectivity index (χ1n) is 5.39. The third-order valence-electron chi connectivity index (χ3n) is 2.74. The fraction of sp³-hybridized carbons (Fsp3) is 0.0714. The highest BCUT2D eigenvalue weighted by molar-refractivity contribution is 5.68. The van der Waals surface area contributed by atoms with E-state index in [0.717, 1.165) is 17.8 Å². The largest absolute Gasteiger partial charge is 0.306 e. The van der Waals surface area contributed by atoms with Crippen molar-refractivity contribution in [2.24, 2.45) is 0 Å². The van der Waals surface area contributed by atoms with E-state index < -0.39 is 0 Å². The van der Waals surface area contributed by atoms with Gasteiger partial charge in [0, 0.05) is 11.9 Å². The Morgan fingerprint density at radius 1 is 1.12 bits per heavy atom. The molecule has 0 radical (unpaired) electrons. The van der Waals surface area contributed by atoms with E-state index in [4.69, 9.17) is 0 Å². The second kappa shape index (κ2) is 3.81. The van der Waals surface area contributed by atoms with Crippen molar-refractivity contribution in [2.45, 2.75) is 6.42 Å². The Morgan fingerprint density at radius 2 is 2.00 bits per heavy atom. The molecule has 0 amide bonds. The quantitative estimate of drug-likeness (QED) is 0.741. The number of nitrogens with zero attached hydrogens (tertiary/aromatic N) is 2. The van der Waals surface area contributed by atoms with Gasteiger partial charge in [-0.25, -0.2) is 4.98 Å². The van der Waals surface area contributed by atoms with Crippen molar-refractivity contribution in [3.63, 3.8) is 0 Å². The average Bonchev–Trinajstić information content (AvgIpc) is 3.01. The van der Waals surface area contributed by atoms with Crippen LogP contribution in [0, 0.1) is 0 Å². The zero-order valence-electron chi connectivity index (χ0n) is 8.88. The molecule has 0 spiro atoms. The monoisotopic (exact) mass is 208 g/mol. The Labute approximate surface area is 94.6 Å². The van der Waals surface area contributed by atoms with Gasteiger partial charge in [-0.05, 0) is 24.1 Å². The third-order valence-corrected chi connectivity index (χ3v) is 2.74. The molecule has 2 heteroatoms. The number of rotatable bonds is 2. The SMILES string of the molecule is C1=CCC(c2cn(-c3ccccc3)cn2)=C1. The van der Waals surface area contributed by atoms with Crippen LogP contribution in [0.1, 0.15) is 12.1 Å². The molecule has 2 nitrogen and oxygen atoms in total. The maximum atomic E-state index is 4.43. The van der Waals surface area contributed by atoms with Gasteiger partial charge in [0.1, 0.15) is 0 Å². The lowest BCUT2D eigenvalue weighted by atomic mass is 10.2. The molecule has 0 N–H and O–H groups in total. The number of hydrogen-bond donors (Lipinski definition) is 0. The van der Waals surface area contributed by atoms with Crippen molar-refractivity contribution < 1.29 is 0 Å². The van der Waals surface area contributed by atoms with Crippen LogP contribution < -0.4 is 0 Å². The van der Waals surface area contributed by atoms with E-state index in [9.17, 15) is 0 Å². The highest BCUT2D eigenvalue weighted by atomic mass is 15.0. The zero-order chi connectivity index (χ0) is 10.8. The Kier molecular flexibility index (Phi) is 2.18. The minimum Gasteiger partial charge on any atom is -0.306 e. The topological polar surface area (TPSA) is 17.8 Å². The summed E-state index contributed by atoms with van der Waals surface area (Å²) in [5, 5.41) is 0. The first-order chi connectivity index (χ1) is 7.93. The molecule has 0 saturated heterocycles. The first-order valence-corrected chi connectivity index (χ1v) is 5.39. The van der Waals surface area contributed by atoms with Crippen LogP contribution in [0.4, 0.5) is 0 Å². The fourth-order valence-corrected chi connectivity index (χ4v) is 1.87. The van der Waals surface area contributed by atoms with Crippen molar-refractivity contribution in [3.8, 4) is 5.69 Å². The predicted molar refractivity (Wildman–Crippen MR) is 65.3 cm³/mol. The van der Waals surface area contributed by atoms with Gasteiger partial charge in [0.25, 0.3) is 0 Å². The average molecular weight is 208 g/mol. The number of benzene rings is 1. The van der Waals surface area contributed by atoms with Crippen molar-refractivity contribution in [2.75, 3.05) is 0 Å². The molecule has 0 fully saturated rings. The van der Waals surface area contributed by atoms with Gasteiger partial charge in [0.05, 0.1) is 12.0 Å². The van der Waals surface area contributed by atoms with Crippen LogP contribution in [0.3, 0.4) is 0 Å². The molecule has 1 aliphatic carbocycles. The van der Waals surface area contributed by atoms with Crippen LogP contribution in [-0.4, -0.2) is 9.55 Å². The van der Waals surface area contributed by atoms with E-state index >= 15 is 0 Å². The number of hydrogen-bond acceptors (Lipinski definition) is 1. The van der Waals surface area contributed by atoms with Crippen LogP contribution in [-0.2, 0) is 0 Å². The maximum absolute atomic E-state index is 4.43. The summed E-state index contributed by atoms with van der Waals surface area (Å²) in [7, 11) is 0. The number of para-hydroxylation sites is 1. The lowest BCUT2D eigenvalue weighted by Gasteiger charge is -1.99. The molecule has 78 valence electrons. The molecule has 0 saturated carbocycles. The summed E-state index contributed by atoms with van der Waals surface area (Å²) in [6, 6.07) is 10.2.